The molecule has 0 aromatic carbocycles. The highest BCUT2D eigenvalue weighted by Crippen LogP contribution is 2.30. The molecule has 2 rings (SSSR count). The van der Waals surface area contributed by atoms with Gasteiger partial charge < -0.3 is 4.90 Å². The minimum atomic E-state index is -0.0104. The predicted molar refractivity (Wildman–Crippen MR) is 92.5 cm³/mol. The third-order valence-electron chi connectivity index (χ3n) is 2.80. The molecular weight excluding hydrogens is 314 g/mol. The molecule has 2 heterocycles. The molecule has 0 saturated heterocycles. The Labute approximate surface area is 140 Å². The third-order valence-corrected chi connectivity index (χ3v) is 4.67. The first-order valence-electron chi connectivity index (χ1n) is 7.06. The fourth-order valence-corrected chi connectivity index (χ4v) is 3.46. The summed E-state index contributed by atoms with van der Waals surface area (Å²) in [6, 6.07) is 3.62. The van der Waals surface area contributed by atoms with E-state index < -0.39 is 0 Å². The standard InChI is InChI=1S/C16H21N3OS2/c1-11-18-13(10-21-11)9-19(5)15(20)12-6-7-17-14(8-12)22-16(2,3)4/h6-8,10H,9H2,1-5H3. The Bertz CT molecular complexity index is 661. The number of aryl methyl sites for hydroxylation is 1. The maximum absolute atomic E-state index is 12.5. The van der Waals surface area contributed by atoms with Crippen molar-refractivity contribution < 1.29 is 4.79 Å². The average Bonchev–Trinajstić information content (AvgIpc) is 2.81. The van der Waals surface area contributed by atoms with E-state index in [0.717, 1.165) is 15.7 Å². The Kier molecular flexibility index (Phi) is 5.24. The summed E-state index contributed by atoms with van der Waals surface area (Å²) in [6.07, 6.45) is 1.70. The highest BCUT2D eigenvalue weighted by molar-refractivity contribution is 8.00. The first-order chi connectivity index (χ1) is 10.2. The number of hydrogen-bond acceptors (Lipinski definition) is 5. The van der Waals surface area contributed by atoms with Crippen molar-refractivity contribution in [2.75, 3.05) is 7.05 Å². The SMILES string of the molecule is Cc1nc(CN(C)C(=O)c2ccnc(SC(C)(C)C)c2)cs1. The lowest BCUT2D eigenvalue weighted by molar-refractivity contribution is 0.0783. The van der Waals surface area contributed by atoms with E-state index >= 15 is 0 Å². The maximum atomic E-state index is 12.5. The average molecular weight is 335 g/mol. The van der Waals surface area contributed by atoms with Gasteiger partial charge in [0.25, 0.3) is 5.91 Å². The molecule has 2 aromatic rings. The molecule has 0 aliphatic carbocycles. The van der Waals surface area contributed by atoms with E-state index in [1.54, 1.807) is 47.3 Å². The molecule has 0 fully saturated rings. The van der Waals surface area contributed by atoms with Crippen LogP contribution in [0.5, 0.6) is 0 Å². The van der Waals surface area contributed by atoms with Gasteiger partial charge in [-0.1, -0.05) is 20.8 Å². The summed E-state index contributed by atoms with van der Waals surface area (Å²) in [6.45, 7) is 8.88. The van der Waals surface area contributed by atoms with Gasteiger partial charge in [0.1, 0.15) is 0 Å². The molecule has 0 radical (unpaired) electrons. The second-order valence-electron chi connectivity index (χ2n) is 6.12. The quantitative estimate of drug-likeness (QED) is 0.792. The van der Waals surface area contributed by atoms with Crippen LogP contribution in [0.15, 0.2) is 28.7 Å². The molecule has 0 spiro atoms. The van der Waals surface area contributed by atoms with Crippen molar-refractivity contribution in [1.82, 2.24) is 14.9 Å². The summed E-state index contributed by atoms with van der Waals surface area (Å²) in [5.74, 6) is -0.0104. The van der Waals surface area contributed by atoms with Crippen molar-refractivity contribution in [3.05, 3.63) is 40.0 Å². The van der Waals surface area contributed by atoms with Gasteiger partial charge in [0, 0.05) is 28.9 Å². The van der Waals surface area contributed by atoms with E-state index in [9.17, 15) is 4.79 Å². The second kappa shape index (κ2) is 6.79. The first kappa shape index (κ1) is 17.0. The predicted octanol–water partition coefficient (Wildman–Crippen LogP) is 4.01. The number of thiazole rings is 1. The fourth-order valence-electron chi connectivity index (χ4n) is 1.93. The summed E-state index contributed by atoms with van der Waals surface area (Å²) in [4.78, 5) is 23.0. The molecule has 1 amide bonds. The van der Waals surface area contributed by atoms with Crippen molar-refractivity contribution >= 4 is 29.0 Å². The van der Waals surface area contributed by atoms with E-state index in [4.69, 9.17) is 0 Å². The van der Waals surface area contributed by atoms with E-state index in [-0.39, 0.29) is 10.7 Å². The molecule has 6 heteroatoms. The number of aromatic nitrogens is 2. The molecule has 4 nitrogen and oxygen atoms in total. The fraction of sp³-hybridized carbons (Fsp3) is 0.438. The first-order valence-corrected chi connectivity index (χ1v) is 8.76. The van der Waals surface area contributed by atoms with Gasteiger partial charge in [-0.25, -0.2) is 9.97 Å². The normalized spacial score (nSPS) is 11.5. The van der Waals surface area contributed by atoms with Crippen LogP contribution in [-0.4, -0.2) is 32.6 Å². The van der Waals surface area contributed by atoms with Crippen LogP contribution in [0.4, 0.5) is 0 Å². The van der Waals surface area contributed by atoms with Crippen molar-refractivity contribution in [1.29, 1.82) is 0 Å². The van der Waals surface area contributed by atoms with Crippen molar-refractivity contribution in [3.63, 3.8) is 0 Å². The van der Waals surface area contributed by atoms with Crippen LogP contribution in [0, 0.1) is 6.92 Å². The van der Waals surface area contributed by atoms with Crippen LogP contribution in [0.2, 0.25) is 0 Å². The lowest BCUT2D eigenvalue weighted by atomic mass is 10.2. The van der Waals surface area contributed by atoms with E-state index in [0.29, 0.717) is 12.1 Å². The molecule has 0 aliphatic heterocycles. The lowest BCUT2D eigenvalue weighted by Gasteiger charge is -2.18. The van der Waals surface area contributed by atoms with E-state index in [1.165, 1.54) is 0 Å². The Morgan fingerprint density at radius 3 is 2.73 bits per heavy atom. The van der Waals surface area contributed by atoms with Gasteiger partial charge in [-0.3, -0.25) is 4.79 Å². The Balaban J connectivity index is 2.10. The highest BCUT2D eigenvalue weighted by atomic mass is 32.2. The topological polar surface area (TPSA) is 46.1 Å². The van der Waals surface area contributed by atoms with Gasteiger partial charge in [-0.15, -0.1) is 23.1 Å². The minimum absolute atomic E-state index is 0.0104. The van der Waals surface area contributed by atoms with Crippen LogP contribution in [0.25, 0.3) is 0 Å². The minimum Gasteiger partial charge on any atom is -0.336 e. The van der Waals surface area contributed by atoms with Gasteiger partial charge in [-0.05, 0) is 19.1 Å². The molecule has 0 atom stereocenters. The smallest absolute Gasteiger partial charge is 0.254 e. The molecule has 0 unspecified atom stereocenters. The number of amides is 1. The molecule has 0 bridgehead atoms. The zero-order valence-corrected chi connectivity index (χ0v) is 15.2. The number of carbonyl (C=O) groups is 1. The Hall–Kier alpha value is -1.40. The van der Waals surface area contributed by atoms with Gasteiger partial charge in [0.2, 0.25) is 0 Å². The van der Waals surface area contributed by atoms with E-state index in [1.807, 2.05) is 18.4 Å². The van der Waals surface area contributed by atoms with Crippen LogP contribution in [-0.2, 0) is 6.54 Å². The van der Waals surface area contributed by atoms with Crippen molar-refractivity contribution in [2.24, 2.45) is 0 Å². The molecule has 118 valence electrons. The van der Waals surface area contributed by atoms with Gasteiger partial charge in [-0.2, -0.15) is 0 Å². The highest BCUT2D eigenvalue weighted by Gasteiger charge is 2.17. The zero-order valence-electron chi connectivity index (χ0n) is 13.6. The molecule has 0 aliphatic rings. The second-order valence-corrected chi connectivity index (χ2v) is 9.03. The summed E-state index contributed by atoms with van der Waals surface area (Å²) in [5.41, 5.74) is 1.59. The Morgan fingerprint density at radius 2 is 2.14 bits per heavy atom. The van der Waals surface area contributed by atoms with Crippen molar-refractivity contribution in [2.45, 2.75) is 44.0 Å². The molecular formula is C16H21N3OS2. The number of nitrogens with zero attached hydrogens (tertiary/aromatic N) is 3. The third kappa shape index (κ3) is 4.81. The van der Waals surface area contributed by atoms with Crippen LogP contribution >= 0.6 is 23.1 Å². The molecule has 0 N–H and O–H groups in total. The maximum Gasteiger partial charge on any atom is 0.254 e. The van der Waals surface area contributed by atoms with E-state index in [2.05, 4.69) is 30.7 Å². The molecule has 0 saturated carbocycles. The number of thioether (sulfide) groups is 1. The van der Waals surface area contributed by atoms with Crippen LogP contribution < -0.4 is 0 Å². The largest absolute Gasteiger partial charge is 0.336 e. The molecule has 2 aromatic heterocycles. The monoisotopic (exact) mass is 335 g/mol. The summed E-state index contributed by atoms with van der Waals surface area (Å²) >= 11 is 3.26. The zero-order chi connectivity index (χ0) is 16.3. The molecule has 22 heavy (non-hydrogen) atoms. The summed E-state index contributed by atoms with van der Waals surface area (Å²) in [5, 5.41) is 3.88. The number of hydrogen-bond donors (Lipinski definition) is 0. The van der Waals surface area contributed by atoms with Crippen molar-refractivity contribution in [3.8, 4) is 0 Å². The van der Waals surface area contributed by atoms with Crippen LogP contribution in [0.3, 0.4) is 0 Å². The Morgan fingerprint density at radius 1 is 1.41 bits per heavy atom. The number of carbonyl (C=O) groups excluding carboxylic acids is 1. The summed E-state index contributed by atoms with van der Waals surface area (Å²) in [7, 11) is 1.80. The van der Waals surface area contributed by atoms with Gasteiger partial charge in [0.15, 0.2) is 0 Å². The number of pyridine rings is 1. The van der Waals surface area contributed by atoms with Gasteiger partial charge in [0.05, 0.1) is 22.3 Å². The summed E-state index contributed by atoms with van der Waals surface area (Å²) < 4.78 is 0.0682. The number of rotatable bonds is 4. The lowest BCUT2D eigenvalue weighted by Crippen LogP contribution is -2.26. The van der Waals surface area contributed by atoms with Crippen LogP contribution in [0.1, 0.15) is 41.8 Å². The van der Waals surface area contributed by atoms with Gasteiger partial charge >= 0.3 is 0 Å².